The molecule has 0 spiro atoms. The van der Waals surface area contributed by atoms with Crippen LogP contribution in [0.25, 0.3) is 0 Å². The molecule has 110 valence electrons. The fourth-order valence-corrected chi connectivity index (χ4v) is 3.10. The average Bonchev–Trinajstić information content (AvgIpc) is 2.38. The number of nitrogens with zero attached hydrogens (tertiary/aromatic N) is 2. The summed E-state index contributed by atoms with van der Waals surface area (Å²) in [6.45, 7) is 1.84. The Hall–Kier alpha value is -1.50. The van der Waals surface area contributed by atoms with Crippen molar-refractivity contribution in [3.05, 3.63) is 6.07 Å². The van der Waals surface area contributed by atoms with Gasteiger partial charge in [-0.1, -0.05) is 31.0 Å². The molecule has 1 aliphatic rings. The normalized spacial score (nSPS) is 17.6. The summed E-state index contributed by atoms with van der Waals surface area (Å²) in [7, 11) is 0. The summed E-state index contributed by atoms with van der Waals surface area (Å²) >= 11 is 1.27. The van der Waals surface area contributed by atoms with Gasteiger partial charge in [-0.3, -0.25) is 4.79 Å². The van der Waals surface area contributed by atoms with Gasteiger partial charge in [-0.25, -0.2) is 9.97 Å². The molecule has 1 saturated carbocycles. The Kier molecular flexibility index (Phi) is 5.05. The maximum Gasteiger partial charge on any atom is 0.233 e. The smallest absolute Gasteiger partial charge is 0.233 e. The van der Waals surface area contributed by atoms with Crippen LogP contribution in [0, 0.1) is 0 Å². The van der Waals surface area contributed by atoms with Crippen LogP contribution in [0.15, 0.2) is 11.2 Å². The predicted octanol–water partition coefficient (Wildman–Crippen LogP) is 1.57. The molecule has 1 amide bonds. The monoisotopic (exact) mass is 295 g/mol. The molecule has 0 aliphatic heterocycles. The molecule has 0 bridgehead atoms. The fraction of sp³-hybridized carbons (Fsp3) is 0.615. The van der Waals surface area contributed by atoms with Crippen molar-refractivity contribution in [1.29, 1.82) is 0 Å². The lowest BCUT2D eigenvalue weighted by Crippen LogP contribution is -2.40. The van der Waals surface area contributed by atoms with Gasteiger partial charge in [-0.2, -0.15) is 0 Å². The molecule has 1 aromatic heterocycles. The zero-order chi connectivity index (χ0) is 14.5. The molecule has 1 atom stereocenters. The van der Waals surface area contributed by atoms with Crippen LogP contribution in [0.1, 0.15) is 39.0 Å². The molecule has 20 heavy (non-hydrogen) atoms. The van der Waals surface area contributed by atoms with Gasteiger partial charge in [0, 0.05) is 12.1 Å². The molecule has 7 heteroatoms. The van der Waals surface area contributed by atoms with Gasteiger partial charge in [0.15, 0.2) is 5.16 Å². The van der Waals surface area contributed by atoms with Crippen LogP contribution < -0.4 is 16.8 Å². The zero-order valence-corrected chi connectivity index (χ0v) is 12.4. The highest BCUT2D eigenvalue weighted by atomic mass is 32.2. The highest BCUT2D eigenvalue weighted by Gasteiger charge is 2.21. The third-order valence-electron chi connectivity index (χ3n) is 3.35. The molecular weight excluding hydrogens is 274 g/mol. The van der Waals surface area contributed by atoms with E-state index in [1.54, 1.807) is 0 Å². The quantitative estimate of drug-likeness (QED) is 0.575. The molecular formula is C13H21N5OS. The van der Waals surface area contributed by atoms with Crippen molar-refractivity contribution < 1.29 is 4.79 Å². The summed E-state index contributed by atoms with van der Waals surface area (Å²) in [4.78, 5) is 20.3. The largest absolute Gasteiger partial charge is 0.383 e. The Morgan fingerprint density at radius 1 is 1.30 bits per heavy atom. The first-order valence-corrected chi connectivity index (χ1v) is 7.79. The first-order chi connectivity index (χ1) is 9.54. The number of nitrogen functional groups attached to an aromatic ring is 2. The Balaban J connectivity index is 1.89. The number of nitrogens with two attached hydrogens (primary N) is 2. The van der Waals surface area contributed by atoms with E-state index in [2.05, 4.69) is 15.3 Å². The Morgan fingerprint density at radius 3 is 2.50 bits per heavy atom. The first kappa shape index (κ1) is 14.9. The van der Waals surface area contributed by atoms with Crippen LogP contribution in [-0.2, 0) is 4.79 Å². The van der Waals surface area contributed by atoms with Crippen LogP contribution >= 0.6 is 11.8 Å². The zero-order valence-electron chi connectivity index (χ0n) is 11.6. The maximum absolute atomic E-state index is 12.1. The number of rotatable bonds is 4. The third kappa shape index (κ3) is 4.26. The molecule has 5 N–H and O–H groups in total. The SMILES string of the molecule is CC(Sc1nc(N)cc(N)n1)C(=O)NC1CCCCC1. The lowest BCUT2D eigenvalue weighted by molar-refractivity contribution is -0.121. The molecule has 1 aliphatic carbocycles. The minimum Gasteiger partial charge on any atom is -0.383 e. The summed E-state index contributed by atoms with van der Waals surface area (Å²) in [5, 5.41) is 3.26. The van der Waals surface area contributed by atoms with E-state index < -0.39 is 0 Å². The highest BCUT2D eigenvalue weighted by molar-refractivity contribution is 8.00. The number of hydrogen-bond donors (Lipinski definition) is 3. The summed E-state index contributed by atoms with van der Waals surface area (Å²) < 4.78 is 0. The van der Waals surface area contributed by atoms with E-state index in [-0.39, 0.29) is 11.2 Å². The van der Waals surface area contributed by atoms with Gasteiger partial charge in [0.25, 0.3) is 0 Å². The van der Waals surface area contributed by atoms with Crippen LogP contribution in [0.4, 0.5) is 11.6 Å². The third-order valence-corrected chi connectivity index (χ3v) is 4.31. The van der Waals surface area contributed by atoms with Gasteiger partial charge < -0.3 is 16.8 Å². The number of aromatic nitrogens is 2. The van der Waals surface area contributed by atoms with E-state index in [9.17, 15) is 4.79 Å². The first-order valence-electron chi connectivity index (χ1n) is 6.91. The van der Waals surface area contributed by atoms with Gasteiger partial charge in [-0.15, -0.1) is 0 Å². The lowest BCUT2D eigenvalue weighted by Gasteiger charge is -2.24. The van der Waals surface area contributed by atoms with Crippen molar-refractivity contribution in [2.45, 2.75) is 55.5 Å². The molecule has 1 heterocycles. The van der Waals surface area contributed by atoms with Crippen molar-refractivity contribution in [1.82, 2.24) is 15.3 Å². The Bertz CT molecular complexity index is 456. The molecule has 0 saturated heterocycles. The van der Waals surface area contributed by atoms with Gasteiger partial charge in [0.2, 0.25) is 5.91 Å². The Morgan fingerprint density at radius 2 is 1.90 bits per heavy atom. The molecule has 2 rings (SSSR count). The summed E-state index contributed by atoms with van der Waals surface area (Å²) in [5.41, 5.74) is 11.2. The van der Waals surface area contributed by atoms with E-state index in [4.69, 9.17) is 11.5 Å². The topological polar surface area (TPSA) is 107 Å². The van der Waals surface area contributed by atoms with Crippen LogP contribution in [0.2, 0.25) is 0 Å². The molecule has 6 nitrogen and oxygen atoms in total. The van der Waals surface area contributed by atoms with E-state index in [0.29, 0.717) is 22.8 Å². The van der Waals surface area contributed by atoms with Crippen molar-refractivity contribution in [3.8, 4) is 0 Å². The molecule has 1 fully saturated rings. The number of amides is 1. The van der Waals surface area contributed by atoms with Crippen molar-refractivity contribution >= 4 is 29.3 Å². The highest BCUT2D eigenvalue weighted by Crippen LogP contribution is 2.23. The second kappa shape index (κ2) is 6.78. The number of carbonyl (C=O) groups excluding carboxylic acids is 1. The van der Waals surface area contributed by atoms with E-state index in [1.165, 1.54) is 37.1 Å². The van der Waals surface area contributed by atoms with Crippen molar-refractivity contribution in [3.63, 3.8) is 0 Å². The number of anilines is 2. The summed E-state index contributed by atoms with van der Waals surface area (Å²) in [6.07, 6.45) is 5.81. The Labute approximate surface area is 123 Å². The summed E-state index contributed by atoms with van der Waals surface area (Å²) in [6, 6.07) is 1.81. The molecule has 1 unspecified atom stereocenters. The predicted molar refractivity (Wildman–Crippen MR) is 81.2 cm³/mol. The number of nitrogens with one attached hydrogen (secondary N) is 1. The minimum absolute atomic E-state index is 0.0199. The van der Waals surface area contributed by atoms with Gasteiger partial charge in [0.1, 0.15) is 11.6 Å². The lowest BCUT2D eigenvalue weighted by atomic mass is 9.95. The fourth-order valence-electron chi connectivity index (χ4n) is 2.29. The molecule has 0 radical (unpaired) electrons. The second-order valence-electron chi connectivity index (χ2n) is 5.10. The standard InChI is InChI=1S/C13H21N5OS/c1-8(12(19)16-9-5-3-2-4-6-9)20-13-17-10(14)7-11(15)18-13/h7-9H,2-6H2,1H3,(H,16,19)(H4,14,15,17,18). The molecule has 0 aromatic carbocycles. The van der Waals surface area contributed by atoms with Crippen molar-refractivity contribution in [2.75, 3.05) is 11.5 Å². The number of hydrogen-bond acceptors (Lipinski definition) is 6. The van der Waals surface area contributed by atoms with Crippen molar-refractivity contribution in [2.24, 2.45) is 0 Å². The van der Waals surface area contributed by atoms with E-state index in [1.807, 2.05) is 6.92 Å². The van der Waals surface area contributed by atoms with Gasteiger partial charge in [-0.05, 0) is 19.8 Å². The van der Waals surface area contributed by atoms with Gasteiger partial charge in [0.05, 0.1) is 5.25 Å². The van der Waals surface area contributed by atoms with Crippen LogP contribution in [0.5, 0.6) is 0 Å². The minimum atomic E-state index is -0.266. The average molecular weight is 295 g/mol. The summed E-state index contributed by atoms with van der Waals surface area (Å²) in [5.74, 6) is 0.659. The molecule has 1 aromatic rings. The van der Waals surface area contributed by atoms with Gasteiger partial charge >= 0.3 is 0 Å². The van der Waals surface area contributed by atoms with E-state index in [0.717, 1.165) is 12.8 Å². The number of thioether (sulfide) groups is 1. The van der Waals surface area contributed by atoms with E-state index >= 15 is 0 Å². The second-order valence-corrected chi connectivity index (χ2v) is 6.41. The van der Waals surface area contributed by atoms with Crippen LogP contribution in [0.3, 0.4) is 0 Å². The number of carbonyl (C=O) groups is 1. The maximum atomic E-state index is 12.1. The van der Waals surface area contributed by atoms with Crippen LogP contribution in [-0.4, -0.2) is 27.2 Å².